The van der Waals surface area contributed by atoms with Crippen molar-refractivity contribution in [2.24, 2.45) is 0 Å². The molecule has 20 heavy (non-hydrogen) atoms. The molecule has 1 aromatic carbocycles. The summed E-state index contributed by atoms with van der Waals surface area (Å²) in [6.45, 7) is 3.82. The Morgan fingerprint density at radius 3 is 3.20 bits per heavy atom. The molecule has 1 atom stereocenters. The van der Waals surface area contributed by atoms with Gasteiger partial charge in [-0.05, 0) is 30.5 Å². The highest BCUT2D eigenvalue weighted by Crippen LogP contribution is 2.35. The van der Waals surface area contributed by atoms with Gasteiger partial charge in [0, 0.05) is 16.9 Å². The summed E-state index contributed by atoms with van der Waals surface area (Å²) < 4.78 is 11.7. The summed E-state index contributed by atoms with van der Waals surface area (Å²) in [6, 6.07) is 6.02. The average molecular weight is 342 g/mol. The summed E-state index contributed by atoms with van der Waals surface area (Å²) in [5.41, 5.74) is 1.15. The zero-order valence-electron chi connectivity index (χ0n) is 11.7. The number of hydrogen-bond acceptors (Lipinski definition) is 3. The van der Waals surface area contributed by atoms with Crippen LogP contribution in [-0.4, -0.2) is 25.9 Å². The molecule has 0 bridgehead atoms. The van der Waals surface area contributed by atoms with Gasteiger partial charge < -0.3 is 14.8 Å². The number of unbranched alkanes of at least 4 members (excludes halogenated alkanes) is 1. The molecule has 1 heterocycles. The lowest BCUT2D eigenvalue weighted by Crippen LogP contribution is -2.31. The Morgan fingerprint density at radius 2 is 2.40 bits per heavy atom. The Bertz CT molecular complexity index is 464. The highest BCUT2D eigenvalue weighted by molar-refractivity contribution is 9.10. The fourth-order valence-corrected chi connectivity index (χ4v) is 2.56. The van der Waals surface area contributed by atoms with Gasteiger partial charge in [-0.3, -0.25) is 0 Å². The molecule has 0 fully saturated rings. The van der Waals surface area contributed by atoms with Crippen LogP contribution in [0, 0.1) is 0 Å². The van der Waals surface area contributed by atoms with Crippen molar-refractivity contribution in [1.29, 1.82) is 0 Å². The van der Waals surface area contributed by atoms with E-state index in [0.717, 1.165) is 35.0 Å². The van der Waals surface area contributed by atoms with Crippen LogP contribution in [0.1, 0.15) is 37.7 Å². The van der Waals surface area contributed by atoms with Gasteiger partial charge in [0.05, 0.1) is 13.2 Å². The van der Waals surface area contributed by atoms with Crippen molar-refractivity contribution in [2.45, 2.75) is 32.1 Å². The van der Waals surface area contributed by atoms with Gasteiger partial charge in [0.1, 0.15) is 5.75 Å². The van der Waals surface area contributed by atoms with E-state index in [1.807, 2.05) is 18.2 Å². The normalized spacial score (nSPS) is 17.0. The molecule has 0 radical (unpaired) electrons. The van der Waals surface area contributed by atoms with E-state index < -0.39 is 0 Å². The highest BCUT2D eigenvalue weighted by atomic mass is 79.9. The first-order valence-corrected chi connectivity index (χ1v) is 7.83. The van der Waals surface area contributed by atoms with Crippen LogP contribution in [0.4, 0.5) is 4.79 Å². The minimum absolute atomic E-state index is 0.283. The van der Waals surface area contributed by atoms with E-state index >= 15 is 0 Å². The van der Waals surface area contributed by atoms with Crippen molar-refractivity contribution in [1.82, 2.24) is 5.32 Å². The summed E-state index contributed by atoms with van der Waals surface area (Å²) in [7, 11) is 0. The average Bonchev–Trinajstić information content (AvgIpc) is 2.45. The van der Waals surface area contributed by atoms with Crippen molar-refractivity contribution in [3.63, 3.8) is 0 Å². The van der Waals surface area contributed by atoms with E-state index in [4.69, 9.17) is 9.47 Å². The number of nitrogens with one attached hydrogen (secondary N) is 1. The highest BCUT2D eigenvalue weighted by Gasteiger charge is 2.22. The second-order valence-electron chi connectivity index (χ2n) is 4.89. The van der Waals surface area contributed by atoms with Gasteiger partial charge in [-0.15, -0.1) is 0 Å². The molecule has 1 N–H and O–H groups in total. The lowest BCUT2D eigenvalue weighted by molar-refractivity contribution is 0.143. The molecule has 0 aromatic heterocycles. The van der Waals surface area contributed by atoms with E-state index in [2.05, 4.69) is 28.2 Å². The third-order valence-corrected chi connectivity index (χ3v) is 3.86. The SMILES string of the molecule is CCCCOC(=O)NC[C@@H]1CCOc2cc(Br)ccc21. The van der Waals surface area contributed by atoms with Gasteiger partial charge >= 0.3 is 6.09 Å². The number of carbonyl (C=O) groups excluding carboxylic acids is 1. The predicted molar refractivity (Wildman–Crippen MR) is 81.3 cm³/mol. The fourth-order valence-electron chi connectivity index (χ4n) is 2.22. The van der Waals surface area contributed by atoms with E-state index in [9.17, 15) is 4.79 Å². The maximum atomic E-state index is 11.6. The number of amides is 1. The summed E-state index contributed by atoms with van der Waals surface area (Å²) in [6.07, 6.45) is 2.50. The minimum atomic E-state index is -0.330. The van der Waals surface area contributed by atoms with Crippen LogP contribution >= 0.6 is 15.9 Å². The van der Waals surface area contributed by atoms with Gasteiger partial charge in [0.2, 0.25) is 0 Å². The molecule has 4 nitrogen and oxygen atoms in total. The Hall–Kier alpha value is -1.23. The largest absolute Gasteiger partial charge is 0.493 e. The Balaban J connectivity index is 1.87. The summed E-state index contributed by atoms with van der Waals surface area (Å²) >= 11 is 3.44. The smallest absolute Gasteiger partial charge is 0.407 e. The number of fused-ring (bicyclic) bond motifs is 1. The number of halogens is 1. The van der Waals surface area contributed by atoms with E-state index in [0.29, 0.717) is 19.8 Å². The zero-order chi connectivity index (χ0) is 14.4. The molecule has 110 valence electrons. The Labute approximate surface area is 128 Å². The topological polar surface area (TPSA) is 47.6 Å². The van der Waals surface area contributed by atoms with Gasteiger partial charge in [-0.2, -0.15) is 0 Å². The van der Waals surface area contributed by atoms with Crippen LogP contribution < -0.4 is 10.1 Å². The van der Waals surface area contributed by atoms with E-state index in [1.165, 1.54) is 0 Å². The first-order chi connectivity index (χ1) is 9.70. The summed E-state index contributed by atoms with van der Waals surface area (Å²) in [5, 5.41) is 2.84. The van der Waals surface area contributed by atoms with Gasteiger partial charge in [-0.1, -0.05) is 35.3 Å². The summed E-state index contributed by atoms with van der Waals surface area (Å²) in [5.74, 6) is 1.18. The van der Waals surface area contributed by atoms with E-state index in [1.54, 1.807) is 0 Å². The number of hydrogen-bond donors (Lipinski definition) is 1. The number of rotatable bonds is 5. The molecular formula is C15H20BrNO3. The van der Waals surface area contributed by atoms with Crippen LogP contribution in [0.3, 0.4) is 0 Å². The molecule has 1 aromatic rings. The Morgan fingerprint density at radius 1 is 1.55 bits per heavy atom. The van der Waals surface area contributed by atoms with Gasteiger partial charge in [0.15, 0.2) is 0 Å². The number of alkyl carbamates (subject to hydrolysis) is 1. The van der Waals surface area contributed by atoms with Crippen molar-refractivity contribution in [3.8, 4) is 5.75 Å². The first kappa shape index (κ1) is 15.2. The van der Waals surface area contributed by atoms with Crippen molar-refractivity contribution < 1.29 is 14.3 Å². The molecule has 1 aliphatic heterocycles. The first-order valence-electron chi connectivity index (χ1n) is 7.03. The maximum Gasteiger partial charge on any atom is 0.407 e. The number of ether oxygens (including phenoxy) is 2. The summed E-state index contributed by atoms with van der Waals surface area (Å²) in [4.78, 5) is 11.6. The molecule has 0 saturated carbocycles. The minimum Gasteiger partial charge on any atom is -0.493 e. The molecule has 2 rings (SSSR count). The second-order valence-corrected chi connectivity index (χ2v) is 5.80. The molecule has 0 aliphatic carbocycles. The molecule has 1 aliphatic rings. The van der Waals surface area contributed by atoms with Crippen LogP contribution in [0.5, 0.6) is 5.75 Å². The van der Waals surface area contributed by atoms with Crippen LogP contribution in [0.25, 0.3) is 0 Å². The van der Waals surface area contributed by atoms with Crippen LogP contribution in [0.15, 0.2) is 22.7 Å². The maximum absolute atomic E-state index is 11.6. The van der Waals surface area contributed by atoms with Crippen molar-refractivity contribution >= 4 is 22.0 Å². The predicted octanol–water partition coefficient (Wildman–Crippen LogP) is 3.84. The molecule has 0 saturated heterocycles. The number of carbonyl (C=O) groups is 1. The number of benzene rings is 1. The van der Waals surface area contributed by atoms with Crippen LogP contribution in [-0.2, 0) is 4.74 Å². The monoisotopic (exact) mass is 341 g/mol. The lowest BCUT2D eigenvalue weighted by atomic mass is 9.93. The van der Waals surface area contributed by atoms with Gasteiger partial charge in [0.25, 0.3) is 0 Å². The van der Waals surface area contributed by atoms with E-state index in [-0.39, 0.29) is 12.0 Å². The quantitative estimate of drug-likeness (QED) is 0.827. The third-order valence-electron chi connectivity index (χ3n) is 3.36. The zero-order valence-corrected chi connectivity index (χ0v) is 13.2. The molecule has 1 amide bonds. The van der Waals surface area contributed by atoms with Crippen molar-refractivity contribution in [3.05, 3.63) is 28.2 Å². The molecule has 0 unspecified atom stereocenters. The third kappa shape index (κ3) is 4.13. The van der Waals surface area contributed by atoms with Crippen LogP contribution in [0.2, 0.25) is 0 Å². The molecular weight excluding hydrogens is 322 g/mol. The Kier molecular flexibility index (Phi) is 5.71. The molecule has 5 heteroatoms. The second kappa shape index (κ2) is 7.53. The standard InChI is InChI=1S/C15H20BrNO3/c1-2-3-7-20-15(18)17-10-11-6-8-19-14-9-12(16)4-5-13(11)14/h4-5,9,11H,2-3,6-8,10H2,1H3,(H,17,18)/t11-/m0/s1. The lowest BCUT2D eigenvalue weighted by Gasteiger charge is -2.26. The van der Waals surface area contributed by atoms with Gasteiger partial charge in [-0.25, -0.2) is 4.79 Å². The van der Waals surface area contributed by atoms with Crippen molar-refractivity contribution in [2.75, 3.05) is 19.8 Å². The fraction of sp³-hybridized carbons (Fsp3) is 0.533. The molecule has 0 spiro atoms.